The standard InChI is InChI=1S/C12H22N2O4S/c1-8(7-17-5)14-19(15,16)12-10(3)18-9(2)11(12)6-13-4/h8,13-14H,6-7H2,1-5H3. The zero-order valence-electron chi connectivity index (χ0n) is 12.0. The third-order valence-corrected chi connectivity index (χ3v) is 4.50. The van der Waals surface area contributed by atoms with Crippen molar-refractivity contribution >= 4 is 10.0 Å². The van der Waals surface area contributed by atoms with Crippen LogP contribution in [0.3, 0.4) is 0 Å². The summed E-state index contributed by atoms with van der Waals surface area (Å²) < 4.78 is 37.7. The van der Waals surface area contributed by atoms with Crippen LogP contribution in [0.2, 0.25) is 0 Å². The number of rotatable bonds is 7. The Morgan fingerprint density at radius 2 is 1.95 bits per heavy atom. The molecule has 0 fully saturated rings. The van der Waals surface area contributed by atoms with Gasteiger partial charge in [-0.05, 0) is 27.8 Å². The Labute approximate surface area is 114 Å². The number of furan rings is 1. The van der Waals surface area contributed by atoms with Gasteiger partial charge in [0.25, 0.3) is 0 Å². The number of nitrogens with one attached hydrogen (secondary N) is 2. The van der Waals surface area contributed by atoms with E-state index in [1.165, 1.54) is 7.11 Å². The smallest absolute Gasteiger partial charge is 0.244 e. The summed E-state index contributed by atoms with van der Waals surface area (Å²) in [7, 11) is -0.313. The van der Waals surface area contributed by atoms with Crippen molar-refractivity contribution in [3.8, 4) is 0 Å². The van der Waals surface area contributed by atoms with Crippen molar-refractivity contribution < 1.29 is 17.6 Å². The Bertz CT molecular complexity index is 522. The maximum absolute atomic E-state index is 12.4. The van der Waals surface area contributed by atoms with Gasteiger partial charge in [0, 0.05) is 25.3 Å². The second-order valence-corrected chi connectivity index (χ2v) is 6.18. The molecule has 7 heteroatoms. The minimum absolute atomic E-state index is 0.224. The van der Waals surface area contributed by atoms with Crippen LogP contribution < -0.4 is 10.0 Å². The van der Waals surface area contributed by atoms with Crippen LogP contribution in [0.15, 0.2) is 9.31 Å². The van der Waals surface area contributed by atoms with Gasteiger partial charge < -0.3 is 14.5 Å². The Morgan fingerprint density at radius 1 is 1.32 bits per heavy atom. The van der Waals surface area contributed by atoms with Crippen molar-refractivity contribution in [3.05, 3.63) is 17.1 Å². The molecule has 1 unspecified atom stereocenters. The van der Waals surface area contributed by atoms with Crippen LogP contribution in [-0.4, -0.2) is 35.2 Å². The Hall–Kier alpha value is -0.890. The highest BCUT2D eigenvalue weighted by Gasteiger charge is 2.27. The van der Waals surface area contributed by atoms with Gasteiger partial charge in [-0.3, -0.25) is 0 Å². The zero-order chi connectivity index (χ0) is 14.6. The van der Waals surface area contributed by atoms with Crippen LogP contribution in [0.5, 0.6) is 0 Å². The Morgan fingerprint density at radius 3 is 2.47 bits per heavy atom. The molecule has 0 radical (unpaired) electrons. The molecule has 2 N–H and O–H groups in total. The van der Waals surface area contributed by atoms with E-state index in [0.29, 0.717) is 30.2 Å². The number of hydrogen-bond acceptors (Lipinski definition) is 5. The third-order valence-electron chi connectivity index (χ3n) is 2.72. The maximum atomic E-state index is 12.4. The molecule has 0 saturated heterocycles. The van der Waals surface area contributed by atoms with Crippen LogP contribution in [0, 0.1) is 13.8 Å². The van der Waals surface area contributed by atoms with Crippen LogP contribution >= 0.6 is 0 Å². The van der Waals surface area contributed by atoms with Gasteiger partial charge in [0.2, 0.25) is 10.0 Å². The van der Waals surface area contributed by atoms with Gasteiger partial charge in [-0.1, -0.05) is 0 Å². The predicted octanol–water partition coefficient (Wildman–Crippen LogP) is 0.929. The predicted molar refractivity (Wildman–Crippen MR) is 72.6 cm³/mol. The van der Waals surface area contributed by atoms with E-state index in [1.807, 2.05) is 0 Å². The fourth-order valence-electron chi connectivity index (χ4n) is 2.05. The molecular formula is C12H22N2O4S. The first-order chi connectivity index (χ1) is 8.83. The van der Waals surface area contributed by atoms with Gasteiger partial charge in [0.15, 0.2) is 0 Å². The van der Waals surface area contributed by atoms with E-state index in [1.54, 1.807) is 27.8 Å². The number of hydrogen-bond donors (Lipinski definition) is 2. The summed E-state index contributed by atoms with van der Waals surface area (Å²) in [5.74, 6) is 1.02. The molecule has 0 bridgehead atoms. The van der Waals surface area contributed by atoms with E-state index in [9.17, 15) is 8.42 Å². The largest absolute Gasteiger partial charge is 0.465 e. The summed E-state index contributed by atoms with van der Waals surface area (Å²) in [6, 6.07) is -0.299. The first-order valence-corrected chi connectivity index (χ1v) is 7.56. The molecule has 0 aliphatic heterocycles. The molecule has 1 heterocycles. The molecular weight excluding hydrogens is 268 g/mol. The second-order valence-electron chi connectivity index (χ2n) is 4.53. The molecule has 0 aliphatic rings. The molecule has 1 rings (SSSR count). The lowest BCUT2D eigenvalue weighted by Gasteiger charge is -2.14. The minimum atomic E-state index is -3.61. The summed E-state index contributed by atoms with van der Waals surface area (Å²) in [6.45, 7) is 5.93. The van der Waals surface area contributed by atoms with Crippen molar-refractivity contribution in [2.45, 2.75) is 38.3 Å². The van der Waals surface area contributed by atoms with Gasteiger partial charge in [-0.25, -0.2) is 13.1 Å². The van der Waals surface area contributed by atoms with Gasteiger partial charge in [0.05, 0.1) is 6.61 Å². The molecule has 1 aromatic rings. The van der Waals surface area contributed by atoms with Crippen molar-refractivity contribution in [3.63, 3.8) is 0 Å². The van der Waals surface area contributed by atoms with Gasteiger partial charge in [-0.15, -0.1) is 0 Å². The van der Waals surface area contributed by atoms with E-state index in [-0.39, 0.29) is 10.9 Å². The number of sulfonamides is 1. The fourth-order valence-corrected chi connectivity index (χ4v) is 3.73. The summed E-state index contributed by atoms with van der Waals surface area (Å²) in [6.07, 6.45) is 0. The molecule has 0 aromatic carbocycles. The molecule has 0 aliphatic carbocycles. The average molecular weight is 290 g/mol. The van der Waals surface area contributed by atoms with Crippen LogP contribution in [0.4, 0.5) is 0 Å². The zero-order valence-corrected chi connectivity index (χ0v) is 12.8. The van der Waals surface area contributed by atoms with Gasteiger partial charge >= 0.3 is 0 Å². The summed E-state index contributed by atoms with van der Waals surface area (Å²) >= 11 is 0. The summed E-state index contributed by atoms with van der Waals surface area (Å²) in [5, 5.41) is 2.95. The van der Waals surface area contributed by atoms with Crippen LogP contribution in [-0.2, 0) is 21.3 Å². The van der Waals surface area contributed by atoms with Crippen molar-refractivity contribution in [1.82, 2.24) is 10.0 Å². The highest BCUT2D eigenvalue weighted by Crippen LogP contribution is 2.26. The minimum Gasteiger partial charge on any atom is -0.465 e. The van der Waals surface area contributed by atoms with Crippen molar-refractivity contribution in [2.75, 3.05) is 20.8 Å². The number of ether oxygens (including phenoxy) is 1. The van der Waals surface area contributed by atoms with E-state index in [4.69, 9.17) is 9.15 Å². The average Bonchev–Trinajstić information content (AvgIpc) is 2.54. The van der Waals surface area contributed by atoms with Gasteiger partial charge in [-0.2, -0.15) is 0 Å². The lowest BCUT2D eigenvalue weighted by molar-refractivity contribution is 0.180. The summed E-state index contributed by atoms with van der Waals surface area (Å²) in [4.78, 5) is 0.224. The third kappa shape index (κ3) is 3.79. The molecule has 19 heavy (non-hydrogen) atoms. The van der Waals surface area contributed by atoms with Crippen LogP contribution in [0.1, 0.15) is 24.0 Å². The fraction of sp³-hybridized carbons (Fsp3) is 0.667. The van der Waals surface area contributed by atoms with Crippen molar-refractivity contribution in [2.24, 2.45) is 0 Å². The van der Waals surface area contributed by atoms with Crippen molar-refractivity contribution in [1.29, 1.82) is 0 Å². The first-order valence-electron chi connectivity index (χ1n) is 6.08. The molecule has 1 atom stereocenters. The van der Waals surface area contributed by atoms with Gasteiger partial charge in [0.1, 0.15) is 16.4 Å². The monoisotopic (exact) mass is 290 g/mol. The molecule has 0 saturated carbocycles. The Balaban J connectivity index is 3.13. The molecule has 110 valence electrons. The lowest BCUT2D eigenvalue weighted by atomic mass is 10.2. The van der Waals surface area contributed by atoms with E-state index < -0.39 is 10.0 Å². The first kappa shape index (κ1) is 16.2. The normalized spacial score (nSPS) is 13.7. The quantitative estimate of drug-likeness (QED) is 0.781. The maximum Gasteiger partial charge on any atom is 0.244 e. The summed E-state index contributed by atoms with van der Waals surface area (Å²) in [5.41, 5.74) is 0.664. The second kappa shape index (κ2) is 6.51. The van der Waals surface area contributed by atoms with E-state index in [0.717, 1.165) is 0 Å². The Kier molecular flexibility index (Phi) is 5.54. The highest BCUT2D eigenvalue weighted by molar-refractivity contribution is 7.89. The van der Waals surface area contributed by atoms with E-state index in [2.05, 4.69) is 10.0 Å². The van der Waals surface area contributed by atoms with E-state index >= 15 is 0 Å². The van der Waals surface area contributed by atoms with Crippen LogP contribution in [0.25, 0.3) is 0 Å². The lowest BCUT2D eigenvalue weighted by Crippen LogP contribution is -2.36. The number of aryl methyl sites for hydroxylation is 2. The molecule has 0 spiro atoms. The topological polar surface area (TPSA) is 80.6 Å². The number of methoxy groups -OCH3 is 1. The molecule has 1 aromatic heterocycles. The molecule has 0 amide bonds. The SMILES string of the molecule is CNCc1c(C)oc(C)c1S(=O)(=O)NC(C)COC. The highest BCUT2D eigenvalue weighted by atomic mass is 32.2. The molecule has 6 nitrogen and oxygen atoms in total.